The largest absolute Gasteiger partial charge is 0.376 e. The number of ether oxygens (including phenoxy) is 1. The Labute approximate surface area is 143 Å². The van der Waals surface area contributed by atoms with Crippen LogP contribution in [0, 0.1) is 11.3 Å². The lowest BCUT2D eigenvalue weighted by Gasteiger charge is -2.28. The molecule has 0 spiro atoms. The van der Waals surface area contributed by atoms with Crippen molar-refractivity contribution in [1.82, 2.24) is 9.88 Å². The van der Waals surface area contributed by atoms with Crippen LogP contribution in [0.1, 0.15) is 44.1 Å². The summed E-state index contributed by atoms with van der Waals surface area (Å²) in [5.74, 6) is 0.899. The molecular formula is C20H26N2O2. The predicted octanol–water partition coefficient (Wildman–Crippen LogP) is 3.34. The standard InChI is InChI=1S/C20H26N2O2/c23-19(17-4-1-2-5-17)22-12-18-6-3-9-20(18,14-22)15-24-13-16-7-10-21-11-8-16/h4,7-8,10-11,18H,1-3,5-6,9,12-15H2/t18-,20+/m1/s1. The fourth-order valence-corrected chi connectivity index (χ4v) is 4.72. The summed E-state index contributed by atoms with van der Waals surface area (Å²) in [6.45, 7) is 3.21. The van der Waals surface area contributed by atoms with E-state index >= 15 is 0 Å². The number of pyridine rings is 1. The number of hydrogen-bond acceptors (Lipinski definition) is 3. The first-order valence-electron chi connectivity index (χ1n) is 9.22. The van der Waals surface area contributed by atoms with Gasteiger partial charge < -0.3 is 9.64 Å². The predicted molar refractivity (Wildman–Crippen MR) is 92.2 cm³/mol. The second kappa shape index (κ2) is 6.67. The number of rotatable bonds is 5. The van der Waals surface area contributed by atoms with Crippen molar-refractivity contribution in [2.24, 2.45) is 11.3 Å². The molecular weight excluding hydrogens is 300 g/mol. The van der Waals surface area contributed by atoms with Crippen molar-refractivity contribution in [1.29, 1.82) is 0 Å². The summed E-state index contributed by atoms with van der Waals surface area (Å²) in [5, 5.41) is 0. The minimum absolute atomic E-state index is 0.182. The zero-order valence-electron chi connectivity index (χ0n) is 14.2. The van der Waals surface area contributed by atoms with Gasteiger partial charge in [-0.15, -0.1) is 0 Å². The van der Waals surface area contributed by atoms with E-state index in [0.29, 0.717) is 12.5 Å². The number of amides is 1. The summed E-state index contributed by atoms with van der Waals surface area (Å²) in [5.41, 5.74) is 2.39. The first-order valence-corrected chi connectivity index (χ1v) is 9.22. The van der Waals surface area contributed by atoms with Crippen LogP contribution in [0.15, 0.2) is 36.2 Å². The Morgan fingerprint density at radius 3 is 3.00 bits per heavy atom. The van der Waals surface area contributed by atoms with Gasteiger partial charge in [-0.25, -0.2) is 0 Å². The van der Waals surface area contributed by atoms with Gasteiger partial charge in [0.05, 0.1) is 13.2 Å². The van der Waals surface area contributed by atoms with E-state index in [0.717, 1.165) is 50.1 Å². The van der Waals surface area contributed by atoms with Gasteiger partial charge in [0.1, 0.15) is 0 Å². The zero-order valence-corrected chi connectivity index (χ0v) is 14.2. The van der Waals surface area contributed by atoms with Crippen molar-refractivity contribution in [3.8, 4) is 0 Å². The molecule has 2 heterocycles. The highest BCUT2D eigenvalue weighted by atomic mass is 16.5. The molecule has 1 aromatic rings. The Kier molecular flexibility index (Phi) is 4.40. The van der Waals surface area contributed by atoms with E-state index in [9.17, 15) is 4.79 Å². The molecule has 2 atom stereocenters. The number of fused-ring (bicyclic) bond motifs is 1. The van der Waals surface area contributed by atoms with Crippen LogP contribution in [0.3, 0.4) is 0 Å². The first kappa shape index (κ1) is 15.8. The molecule has 4 heteroatoms. The lowest BCUT2D eigenvalue weighted by molar-refractivity contribution is -0.127. The molecule has 128 valence electrons. The number of aromatic nitrogens is 1. The topological polar surface area (TPSA) is 42.4 Å². The van der Waals surface area contributed by atoms with E-state index in [1.165, 1.54) is 19.3 Å². The normalized spacial score (nSPS) is 28.9. The molecule has 0 unspecified atom stereocenters. The van der Waals surface area contributed by atoms with Gasteiger partial charge in [-0.3, -0.25) is 9.78 Å². The van der Waals surface area contributed by atoms with Gasteiger partial charge in [-0.2, -0.15) is 0 Å². The van der Waals surface area contributed by atoms with Gasteiger partial charge in [0, 0.05) is 36.5 Å². The van der Waals surface area contributed by atoms with E-state index in [-0.39, 0.29) is 11.3 Å². The van der Waals surface area contributed by atoms with Gasteiger partial charge in [0.25, 0.3) is 0 Å². The number of allylic oxidation sites excluding steroid dienone is 1. The second-order valence-corrected chi connectivity index (χ2v) is 7.61. The molecule has 4 rings (SSSR count). The summed E-state index contributed by atoms with van der Waals surface area (Å²) in [6.07, 6.45) is 12.6. The molecule has 0 N–H and O–H groups in total. The quantitative estimate of drug-likeness (QED) is 0.833. The van der Waals surface area contributed by atoms with Gasteiger partial charge in [-0.05, 0) is 55.7 Å². The highest BCUT2D eigenvalue weighted by Crippen LogP contribution is 2.49. The minimum atomic E-state index is 0.182. The highest BCUT2D eigenvalue weighted by molar-refractivity contribution is 5.94. The molecule has 0 aromatic carbocycles. The zero-order chi connectivity index (χ0) is 16.4. The maximum atomic E-state index is 12.7. The molecule has 1 aromatic heterocycles. The van der Waals surface area contributed by atoms with Crippen molar-refractivity contribution >= 4 is 5.91 Å². The Bertz CT molecular complexity index is 628. The summed E-state index contributed by atoms with van der Waals surface area (Å²) in [6, 6.07) is 4.00. The van der Waals surface area contributed by atoms with Crippen LogP contribution < -0.4 is 0 Å². The molecule has 0 radical (unpaired) electrons. The van der Waals surface area contributed by atoms with E-state index < -0.39 is 0 Å². The molecule has 2 aliphatic carbocycles. The Balaban J connectivity index is 1.38. The van der Waals surface area contributed by atoms with Crippen molar-refractivity contribution < 1.29 is 9.53 Å². The second-order valence-electron chi connectivity index (χ2n) is 7.61. The van der Waals surface area contributed by atoms with Gasteiger partial charge >= 0.3 is 0 Å². The fraction of sp³-hybridized carbons (Fsp3) is 0.600. The molecule has 4 nitrogen and oxygen atoms in total. The number of carbonyl (C=O) groups is 1. The molecule has 2 fully saturated rings. The number of hydrogen-bond donors (Lipinski definition) is 0. The Hall–Kier alpha value is -1.68. The van der Waals surface area contributed by atoms with Crippen molar-refractivity contribution in [2.75, 3.05) is 19.7 Å². The van der Waals surface area contributed by atoms with Crippen LogP contribution in [0.5, 0.6) is 0 Å². The molecule has 3 aliphatic rings. The SMILES string of the molecule is O=C(C1=CCCC1)N1C[C@H]2CCC[C@@]2(COCc2ccncc2)C1. The van der Waals surface area contributed by atoms with Crippen molar-refractivity contribution in [2.45, 2.75) is 45.1 Å². The minimum Gasteiger partial charge on any atom is -0.376 e. The molecule has 1 amide bonds. The van der Waals surface area contributed by atoms with Crippen LogP contribution in [0.25, 0.3) is 0 Å². The van der Waals surface area contributed by atoms with Crippen molar-refractivity contribution in [3.63, 3.8) is 0 Å². The van der Waals surface area contributed by atoms with Gasteiger partial charge in [0.15, 0.2) is 0 Å². The molecule has 24 heavy (non-hydrogen) atoms. The maximum absolute atomic E-state index is 12.7. The molecule has 1 saturated carbocycles. The van der Waals surface area contributed by atoms with Gasteiger partial charge in [-0.1, -0.05) is 12.5 Å². The molecule has 1 saturated heterocycles. The average Bonchev–Trinajstić information content (AvgIpc) is 3.31. The third-order valence-corrected chi connectivity index (χ3v) is 6.05. The average molecular weight is 326 g/mol. The van der Waals surface area contributed by atoms with E-state index in [2.05, 4.69) is 16.0 Å². The lowest BCUT2D eigenvalue weighted by atomic mass is 9.81. The van der Waals surface area contributed by atoms with Gasteiger partial charge in [0.2, 0.25) is 5.91 Å². The van der Waals surface area contributed by atoms with Crippen LogP contribution in [0.2, 0.25) is 0 Å². The Morgan fingerprint density at radius 1 is 1.33 bits per heavy atom. The molecule has 0 bridgehead atoms. The number of carbonyl (C=O) groups excluding carboxylic acids is 1. The monoisotopic (exact) mass is 326 g/mol. The maximum Gasteiger partial charge on any atom is 0.249 e. The van der Waals surface area contributed by atoms with Crippen molar-refractivity contribution in [3.05, 3.63) is 41.7 Å². The van der Waals surface area contributed by atoms with Crippen LogP contribution in [-0.4, -0.2) is 35.5 Å². The Morgan fingerprint density at radius 2 is 2.21 bits per heavy atom. The van der Waals surface area contributed by atoms with Crippen LogP contribution in [-0.2, 0) is 16.1 Å². The summed E-state index contributed by atoms with van der Waals surface area (Å²) in [7, 11) is 0. The van der Waals surface area contributed by atoms with E-state index in [1.807, 2.05) is 12.1 Å². The van der Waals surface area contributed by atoms with Crippen LogP contribution in [0.4, 0.5) is 0 Å². The summed E-state index contributed by atoms with van der Waals surface area (Å²) in [4.78, 5) is 18.9. The fourth-order valence-electron chi connectivity index (χ4n) is 4.72. The summed E-state index contributed by atoms with van der Waals surface area (Å²) < 4.78 is 6.08. The van der Waals surface area contributed by atoms with E-state index in [1.54, 1.807) is 12.4 Å². The third-order valence-electron chi connectivity index (χ3n) is 6.05. The third kappa shape index (κ3) is 3.00. The number of likely N-dealkylation sites (tertiary alicyclic amines) is 1. The lowest BCUT2D eigenvalue weighted by Crippen LogP contribution is -2.35. The van der Waals surface area contributed by atoms with E-state index in [4.69, 9.17) is 4.74 Å². The highest BCUT2D eigenvalue weighted by Gasteiger charge is 2.50. The van der Waals surface area contributed by atoms with Crippen LogP contribution >= 0.6 is 0 Å². The summed E-state index contributed by atoms with van der Waals surface area (Å²) >= 11 is 0. The number of nitrogens with zero attached hydrogens (tertiary/aromatic N) is 2. The first-order chi connectivity index (χ1) is 11.8. The molecule has 1 aliphatic heterocycles. The smallest absolute Gasteiger partial charge is 0.249 e.